The predicted octanol–water partition coefficient (Wildman–Crippen LogP) is 5.98. The number of carbonyl (C=O) groups excluding carboxylic acids is 2. The van der Waals surface area contributed by atoms with Crippen LogP contribution in [0.25, 0.3) is 16.9 Å². The van der Waals surface area contributed by atoms with Crippen LogP contribution in [0.5, 0.6) is 0 Å². The lowest BCUT2D eigenvalue weighted by Crippen LogP contribution is -2.50. The molecule has 0 saturated carbocycles. The van der Waals surface area contributed by atoms with E-state index in [1.54, 1.807) is 40.1 Å². The van der Waals surface area contributed by atoms with Crippen LogP contribution in [0.1, 0.15) is 26.4 Å². The molecule has 1 saturated heterocycles. The maximum Gasteiger partial charge on any atom is 0.255 e. The van der Waals surface area contributed by atoms with Crippen molar-refractivity contribution in [3.05, 3.63) is 112 Å². The van der Waals surface area contributed by atoms with Crippen molar-refractivity contribution in [3.8, 4) is 16.9 Å². The molecule has 0 aliphatic carbocycles. The minimum Gasteiger partial charge on any atom is -0.335 e. The smallest absolute Gasteiger partial charge is 0.255 e. The maximum absolute atomic E-state index is 14.1. The zero-order valence-electron chi connectivity index (χ0n) is 20.1. The second kappa shape index (κ2) is 10.2. The number of hydrogen-bond acceptors (Lipinski definition) is 2. The van der Waals surface area contributed by atoms with Gasteiger partial charge in [0.05, 0.1) is 11.3 Å². The Morgan fingerprint density at radius 1 is 0.757 bits per heavy atom. The van der Waals surface area contributed by atoms with Crippen LogP contribution in [-0.4, -0.2) is 52.4 Å². The van der Waals surface area contributed by atoms with Gasteiger partial charge in [-0.1, -0.05) is 35.9 Å². The molecular weight excluding hydrogens is 496 g/mol. The summed E-state index contributed by atoms with van der Waals surface area (Å²) in [5, 5.41) is 0.589. The van der Waals surface area contributed by atoms with Crippen LogP contribution in [0.2, 0.25) is 5.02 Å². The molecule has 0 radical (unpaired) electrons. The minimum atomic E-state index is -0.463. The molecule has 0 atom stereocenters. The fourth-order valence-electron chi connectivity index (χ4n) is 4.69. The zero-order chi connectivity index (χ0) is 26.1. The molecule has 8 heteroatoms. The summed E-state index contributed by atoms with van der Waals surface area (Å²) in [6.07, 6.45) is 0. The third-order valence-corrected chi connectivity index (χ3v) is 6.86. The van der Waals surface area contributed by atoms with Gasteiger partial charge in [0.25, 0.3) is 11.8 Å². The highest BCUT2D eigenvalue weighted by molar-refractivity contribution is 6.30. The van der Waals surface area contributed by atoms with Gasteiger partial charge in [0.1, 0.15) is 11.6 Å². The molecule has 4 aromatic rings. The number of aromatic nitrogens is 1. The number of benzene rings is 3. The van der Waals surface area contributed by atoms with Gasteiger partial charge < -0.3 is 14.4 Å². The highest BCUT2D eigenvalue weighted by Crippen LogP contribution is 2.31. The summed E-state index contributed by atoms with van der Waals surface area (Å²) in [6, 6.07) is 20.9. The lowest BCUT2D eigenvalue weighted by atomic mass is 10.1. The van der Waals surface area contributed by atoms with E-state index in [0.717, 1.165) is 11.3 Å². The number of carbonyl (C=O) groups is 2. The average molecular weight is 520 g/mol. The fraction of sp³-hybridized carbons (Fsp3) is 0.172. The quantitative estimate of drug-likeness (QED) is 0.333. The Bertz CT molecular complexity index is 1480. The summed E-state index contributed by atoms with van der Waals surface area (Å²) in [5.74, 6) is -1.26. The molecule has 5 rings (SSSR count). The van der Waals surface area contributed by atoms with Crippen molar-refractivity contribution in [1.82, 2.24) is 14.4 Å². The number of amides is 2. The molecule has 1 fully saturated rings. The monoisotopic (exact) mass is 519 g/mol. The molecule has 37 heavy (non-hydrogen) atoms. The number of hydrogen-bond donors (Lipinski definition) is 0. The van der Waals surface area contributed by atoms with Gasteiger partial charge in [0.15, 0.2) is 0 Å². The first-order chi connectivity index (χ1) is 17.8. The van der Waals surface area contributed by atoms with Crippen molar-refractivity contribution >= 4 is 23.4 Å². The Morgan fingerprint density at radius 3 is 1.97 bits per heavy atom. The van der Waals surface area contributed by atoms with Crippen LogP contribution >= 0.6 is 11.6 Å². The first-order valence-electron chi connectivity index (χ1n) is 11.9. The molecule has 188 valence electrons. The SMILES string of the molecule is Cc1c(C(=O)N2CCN(C(=O)c3cccc(F)c3)CC2)cc(-c2ccc(Cl)cc2)n1-c1cccc(F)c1. The molecule has 1 aliphatic heterocycles. The molecule has 1 aliphatic rings. The molecule has 0 N–H and O–H groups in total. The van der Waals surface area contributed by atoms with E-state index in [-0.39, 0.29) is 23.2 Å². The molecule has 5 nitrogen and oxygen atoms in total. The van der Waals surface area contributed by atoms with Crippen LogP contribution in [0.3, 0.4) is 0 Å². The highest BCUT2D eigenvalue weighted by Gasteiger charge is 2.28. The third-order valence-electron chi connectivity index (χ3n) is 6.61. The van der Waals surface area contributed by atoms with Crippen LogP contribution in [0.15, 0.2) is 78.9 Å². The highest BCUT2D eigenvalue weighted by atomic mass is 35.5. The van der Waals surface area contributed by atoms with Crippen molar-refractivity contribution in [3.63, 3.8) is 0 Å². The van der Waals surface area contributed by atoms with Crippen molar-refractivity contribution < 1.29 is 18.4 Å². The van der Waals surface area contributed by atoms with Crippen molar-refractivity contribution in [1.29, 1.82) is 0 Å². The summed E-state index contributed by atoms with van der Waals surface area (Å²) in [5.41, 5.74) is 3.64. The van der Waals surface area contributed by atoms with Crippen LogP contribution < -0.4 is 0 Å². The van der Waals surface area contributed by atoms with Gasteiger partial charge in [-0.05, 0) is 67.1 Å². The van der Waals surface area contributed by atoms with E-state index < -0.39 is 5.82 Å². The molecule has 0 spiro atoms. The van der Waals surface area contributed by atoms with Crippen molar-refractivity contribution in [2.24, 2.45) is 0 Å². The Kier molecular flexibility index (Phi) is 6.80. The van der Waals surface area contributed by atoms with Gasteiger partial charge in [-0.3, -0.25) is 9.59 Å². The lowest BCUT2D eigenvalue weighted by molar-refractivity contribution is 0.0535. The maximum atomic E-state index is 14.1. The van der Waals surface area contributed by atoms with E-state index in [1.807, 2.05) is 29.7 Å². The van der Waals surface area contributed by atoms with E-state index in [4.69, 9.17) is 11.6 Å². The third kappa shape index (κ3) is 5.00. The molecule has 2 amide bonds. The number of halogens is 3. The lowest BCUT2D eigenvalue weighted by Gasteiger charge is -2.34. The second-order valence-corrected chi connectivity index (χ2v) is 9.38. The first kappa shape index (κ1) is 24.7. The summed E-state index contributed by atoms with van der Waals surface area (Å²) in [4.78, 5) is 29.7. The van der Waals surface area contributed by atoms with Gasteiger partial charge in [-0.15, -0.1) is 0 Å². The van der Waals surface area contributed by atoms with Crippen LogP contribution in [-0.2, 0) is 0 Å². The second-order valence-electron chi connectivity index (χ2n) is 8.95. The van der Waals surface area contributed by atoms with Gasteiger partial charge >= 0.3 is 0 Å². The van der Waals surface area contributed by atoms with E-state index in [2.05, 4.69) is 0 Å². The van der Waals surface area contributed by atoms with Crippen molar-refractivity contribution in [2.75, 3.05) is 26.2 Å². The van der Waals surface area contributed by atoms with Gasteiger partial charge in [0, 0.05) is 48.1 Å². The molecule has 2 heterocycles. The molecule has 0 bridgehead atoms. The van der Waals surface area contributed by atoms with Gasteiger partial charge in [-0.25, -0.2) is 8.78 Å². The molecule has 0 unspecified atom stereocenters. The molecular formula is C29H24ClF2N3O2. The minimum absolute atomic E-state index is 0.166. The molecule has 3 aromatic carbocycles. The largest absolute Gasteiger partial charge is 0.335 e. The van der Waals surface area contributed by atoms with Gasteiger partial charge in [0.2, 0.25) is 0 Å². The Hall–Kier alpha value is -3.97. The average Bonchev–Trinajstić information content (AvgIpc) is 3.25. The Labute approximate surface area is 218 Å². The van der Waals surface area contributed by atoms with Crippen LogP contribution in [0, 0.1) is 18.6 Å². The summed E-state index contributed by atoms with van der Waals surface area (Å²) in [6.45, 7) is 3.21. The summed E-state index contributed by atoms with van der Waals surface area (Å²) in [7, 11) is 0. The standard InChI is InChI=1S/C29H24ClF2N3O2/c1-19-26(29(37)34-14-12-33(13-15-34)28(36)21-4-2-5-23(31)16-21)18-27(20-8-10-22(30)11-9-20)35(19)25-7-3-6-24(32)17-25/h2-11,16-18H,12-15H2,1H3. The summed E-state index contributed by atoms with van der Waals surface area (Å²) < 4.78 is 29.5. The normalized spacial score (nSPS) is 13.6. The van der Waals surface area contributed by atoms with E-state index in [0.29, 0.717) is 48.1 Å². The topological polar surface area (TPSA) is 45.6 Å². The fourth-order valence-corrected chi connectivity index (χ4v) is 4.82. The van der Waals surface area contributed by atoms with E-state index >= 15 is 0 Å². The predicted molar refractivity (Wildman–Crippen MR) is 139 cm³/mol. The number of piperazine rings is 1. The number of rotatable bonds is 4. The van der Waals surface area contributed by atoms with Crippen LogP contribution in [0.4, 0.5) is 8.78 Å². The Morgan fingerprint density at radius 2 is 1.35 bits per heavy atom. The number of nitrogens with zero attached hydrogens (tertiary/aromatic N) is 3. The van der Waals surface area contributed by atoms with Crippen molar-refractivity contribution in [2.45, 2.75) is 6.92 Å². The summed E-state index contributed by atoms with van der Waals surface area (Å²) >= 11 is 6.08. The van der Waals surface area contributed by atoms with E-state index in [1.165, 1.54) is 30.3 Å². The van der Waals surface area contributed by atoms with Gasteiger partial charge in [-0.2, -0.15) is 0 Å². The first-order valence-corrected chi connectivity index (χ1v) is 12.3. The van der Waals surface area contributed by atoms with E-state index in [9.17, 15) is 18.4 Å². The molecule has 1 aromatic heterocycles. The Balaban J connectivity index is 1.42. The zero-order valence-corrected chi connectivity index (χ0v) is 20.9.